The van der Waals surface area contributed by atoms with E-state index in [0.29, 0.717) is 11.7 Å². The summed E-state index contributed by atoms with van der Waals surface area (Å²) in [5, 5.41) is 12.9. The van der Waals surface area contributed by atoms with Gasteiger partial charge in [-0.05, 0) is 94.6 Å². The fourth-order valence-electron chi connectivity index (χ4n) is 10.7. The maximum absolute atomic E-state index is 12.9. The van der Waals surface area contributed by atoms with Gasteiger partial charge in [-0.2, -0.15) is 0 Å². The highest BCUT2D eigenvalue weighted by Crippen LogP contribution is 2.61. The second-order valence-electron chi connectivity index (χ2n) is 16.1. The number of hydrogen-bond donors (Lipinski definition) is 1. The largest absolute Gasteiger partial charge is 0.507 e. The lowest BCUT2D eigenvalue weighted by Gasteiger charge is -2.53. The summed E-state index contributed by atoms with van der Waals surface area (Å²) in [6.45, 7) is 9.53. The summed E-state index contributed by atoms with van der Waals surface area (Å²) in [6.07, 6.45) is 11.7. The lowest BCUT2D eigenvalue weighted by Crippen LogP contribution is -2.47. The third kappa shape index (κ3) is 6.82. The number of hydrogen-bond acceptors (Lipinski definition) is 1. The summed E-state index contributed by atoms with van der Waals surface area (Å²) < 4.78 is 0. The minimum absolute atomic E-state index is 0.0497. The van der Waals surface area contributed by atoms with Gasteiger partial charge in [-0.15, -0.1) is 0 Å². The number of unbranched alkanes of at least 4 members (excludes halogenated alkanes) is 2. The van der Waals surface area contributed by atoms with Crippen LogP contribution in [0.25, 0.3) is 0 Å². The van der Waals surface area contributed by atoms with Crippen LogP contribution in [0.1, 0.15) is 135 Å². The van der Waals surface area contributed by atoms with Crippen LogP contribution >= 0.6 is 0 Å². The van der Waals surface area contributed by atoms with Crippen molar-refractivity contribution in [3.8, 4) is 5.75 Å². The first-order valence-corrected chi connectivity index (χ1v) is 20.0. The number of rotatable bonds is 8. The Labute approximate surface area is 308 Å². The predicted molar refractivity (Wildman–Crippen MR) is 215 cm³/mol. The Kier molecular flexibility index (Phi) is 10.8. The Bertz CT molecular complexity index is 1770. The van der Waals surface area contributed by atoms with Gasteiger partial charge < -0.3 is 5.11 Å². The molecule has 0 amide bonds. The molecule has 0 radical (unpaired) electrons. The molecule has 3 unspecified atom stereocenters. The zero-order valence-corrected chi connectivity index (χ0v) is 31.4. The van der Waals surface area contributed by atoms with Crippen LogP contribution in [0.4, 0.5) is 0 Å². The van der Waals surface area contributed by atoms with Crippen LogP contribution in [0, 0.1) is 23.7 Å². The fraction of sp³-hybridized carbons (Fsp3) is 0.400. The Balaban J connectivity index is 0.000000761. The molecule has 8 rings (SSSR count). The smallest absolute Gasteiger partial charge is 0.124 e. The molecule has 2 saturated carbocycles. The molecule has 0 aliphatic heterocycles. The van der Waals surface area contributed by atoms with Crippen LogP contribution in [0.2, 0.25) is 0 Å². The molecule has 3 aliphatic rings. The van der Waals surface area contributed by atoms with Gasteiger partial charge in [0.2, 0.25) is 0 Å². The molecule has 1 heteroatoms. The van der Waals surface area contributed by atoms with Gasteiger partial charge in [0.1, 0.15) is 5.75 Å². The van der Waals surface area contributed by atoms with Crippen molar-refractivity contribution in [1.82, 2.24) is 0 Å². The Morgan fingerprint density at radius 1 is 0.627 bits per heavy atom. The molecular weight excluding hydrogens is 617 g/mol. The predicted octanol–water partition coefficient (Wildman–Crippen LogP) is 13.2. The average molecular weight is 675 g/mol. The van der Waals surface area contributed by atoms with Crippen molar-refractivity contribution in [2.45, 2.75) is 103 Å². The summed E-state index contributed by atoms with van der Waals surface area (Å²) in [7, 11) is 0. The van der Waals surface area contributed by atoms with Crippen molar-refractivity contribution in [3.05, 3.63) is 172 Å². The number of aromatic hydroxyl groups is 1. The number of phenolic OH excluding ortho intramolecular Hbond substituents is 1. The van der Waals surface area contributed by atoms with E-state index < -0.39 is 0 Å². The van der Waals surface area contributed by atoms with Gasteiger partial charge in [0.25, 0.3) is 0 Å². The highest BCUT2D eigenvalue weighted by Gasteiger charge is 2.53. The third-order valence-electron chi connectivity index (χ3n) is 13.2. The zero-order valence-electron chi connectivity index (χ0n) is 31.4. The van der Waals surface area contributed by atoms with E-state index in [9.17, 15) is 5.11 Å². The standard InChI is InChI=1S/C45H46O.C5H12/c1-30-23-24-36-35(30)27-28-45(2)39(36)26-25-37-40(45)29-38(41(31-15-7-3-8-16-31)32-17-9-4-10-18-32)44(46)43(37)42(33-19-11-5-12-20-33)34-21-13-6-14-22-34;1-3-5-4-2/h3-22,29-30,35-36,39,41-42,46H,23-28H2,1-2H3;3-5H2,1-2H3/t30-,35?,36?,39?,45-;/m0./s1. The molecular formula is C50H58O. The maximum Gasteiger partial charge on any atom is 0.124 e. The first kappa shape index (κ1) is 35.3. The van der Waals surface area contributed by atoms with Crippen LogP contribution in [0.15, 0.2) is 127 Å². The second-order valence-corrected chi connectivity index (χ2v) is 16.1. The van der Waals surface area contributed by atoms with Crippen molar-refractivity contribution in [1.29, 1.82) is 0 Å². The second kappa shape index (κ2) is 15.6. The van der Waals surface area contributed by atoms with Crippen molar-refractivity contribution in [3.63, 3.8) is 0 Å². The molecule has 0 aromatic heterocycles. The van der Waals surface area contributed by atoms with Crippen molar-refractivity contribution < 1.29 is 5.11 Å². The van der Waals surface area contributed by atoms with E-state index in [0.717, 1.165) is 35.3 Å². The van der Waals surface area contributed by atoms with Gasteiger partial charge in [0, 0.05) is 23.0 Å². The summed E-state index contributed by atoms with van der Waals surface area (Å²) >= 11 is 0. The number of benzene rings is 5. The summed E-state index contributed by atoms with van der Waals surface area (Å²) in [6, 6.07) is 46.0. The van der Waals surface area contributed by atoms with Crippen molar-refractivity contribution in [2.24, 2.45) is 23.7 Å². The molecule has 5 atom stereocenters. The Morgan fingerprint density at radius 3 is 1.59 bits per heavy atom. The van der Waals surface area contributed by atoms with Crippen molar-refractivity contribution >= 4 is 0 Å². The van der Waals surface area contributed by atoms with Crippen LogP contribution < -0.4 is 0 Å². The van der Waals surface area contributed by atoms with E-state index in [2.05, 4.69) is 155 Å². The molecule has 0 heterocycles. The van der Waals surface area contributed by atoms with Gasteiger partial charge in [-0.3, -0.25) is 0 Å². The quantitative estimate of drug-likeness (QED) is 0.162. The minimum Gasteiger partial charge on any atom is -0.507 e. The van der Waals surface area contributed by atoms with Crippen LogP contribution in [-0.4, -0.2) is 5.11 Å². The number of phenols is 1. The fourth-order valence-corrected chi connectivity index (χ4v) is 10.7. The van der Waals surface area contributed by atoms with Crippen LogP contribution in [-0.2, 0) is 11.8 Å². The number of fused-ring (bicyclic) bond motifs is 5. The SMILES string of the molecule is CCCCC.C[C@H]1CCC2C1CC[C@]1(C)c3cc(C(c4ccccc4)c4ccccc4)c(O)c(C(c4ccccc4)c4ccccc4)c3CCC21. The molecule has 0 saturated heterocycles. The molecule has 0 bridgehead atoms. The average Bonchev–Trinajstić information content (AvgIpc) is 3.55. The molecule has 2 fully saturated rings. The van der Waals surface area contributed by atoms with Gasteiger partial charge in [0.15, 0.2) is 0 Å². The van der Waals surface area contributed by atoms with E-state index >= 15 is 0 Å². The highest BCUT2D eigenvalue weighted by molar-refractivity contribution is 5.63. The van der Waals surface area contributed by atoms with Gasteiger partial charge in [0.05, 0.1) is 0 Å². The maximum atomic E-state index is 12.9. The summed E-state index contributed by atoms with van der Waals surface area (Å²) in [5.74, 6) is 3.60. The summed E-state index contributed by atoms with van der Waals surface area (Å²) in [5.41, 5.74) is 10.1. The van der Waals surface area contributed by atoms with E-state index in [-0.39, 0.29) is 17.3 Å². The van der Waals surface area contributed by atoms with Gasteiger partial charge in [-0.25, -0.2) is 0 Å². The molecule has 3 aliphatic carbocycles. The third-order valence-corrected chi connectivity index (χ3v) is 13.2. The highest BCUT2D eigenvalue weighted by atomic mass is 16.3. The van der Waals surface area contributed by atoms with Crippen LogP contribution in [0.5, 0.6) is 5.75 Å². The van der Waals surface area contributed by atoms with E-state index in [1.54, 1.807) is 0 Å². The summed E-state index contributed by atoms with van der Waals surface area (Å²) in [4.78, 5) is 0. The molecule has 1 nitrogen and oxygen atoms in total. The van der Waals surface area contributed by atoms with Crippen molar-refractivity contribution in [2.75, 3.05) is 0 Å². The normalized spacial score (nSPS) is 23.6. The molecule has 1 N–H and O–H groups in total. The first-order chi connectivity index (χ1) is 25.0. The van der Waals surface area contributed by atoms with Crippen LogP contribution in [0.3, 0.4) is 0 Å². The molecule has 0 spiro atoms. The topological polar surface area (TPSA) is 20.2 Å². The Hall–Kier alpha value is -4.10. The zero-order chi connectivity index (χ0) is 35.4. The lowest BCUT2D eigenvalue weighted by atomic mass is 9.51. The van der Waals surface area contributed by atoms with E-state index in [4.69, 9.17) is 0 Å². The molecule has 264 valence electrons. The first-order valence-electron chi connectivity index (χ1n) is 20.0. The molecule has 5 aromatic carbocycles. The molecule has 51 heavy (non-hydrogen) atoms. The Morgan fingerprint density at radius 2 is 1.12 bits per heavy atom. The monoisotopic (exact) mass is 674 g/mol. The lowest BCUT2D eigenvalue weighted by molar-refractivity contribution is 0.0614. The van der Waals surface area contributed by atoms with E-state index in [1.165, 1.54) is 84.7 Å². The molecule has 5 aromatic rings. The van der Waals surface area contributed by atoms with E-state index in [1.807, 2.05) is 0 Å². The minimum atomic E-state index is -0.0644. The van der Waals surface area contributed by atoms with Gasteiger partial charge in [-0.1, -0.05) is 181 Å². The van der Waals surface area contributed by atoms with Gasteiger partial charge >= 0.3 is 0 Å².